The van der Waals surface area contributed by atoms with Crippen molar-refractivity contribution in [3.05, 3.63) is 83.6 Å². The second kappa shape index (κ2) is 8.37. The molecule has 12 heteroatoms. The number of furan rings is 1. The standard InChI is InChI=1S/C22H13F4N5O2S/c23-12-5-7-13(8-6-12)31-19(22(24,25)26)18(29-30-31)20(32)27-11-14-9-10-16(33-14)21-28-15-3-1-2-4-17(15)34-21/h1-10H,11H2,(H,27,32). The van der Waals surface area contributed by atoms with Gasteiger partial charge in [0.1, 0.15) is 11.6 Å². The number of amides is 1. The molecule has 1 N–H and O–H groups in total. The monoisotopic (exact) mass is 487 g/mol. The molecule has 0 unspecified atom stereocenters. The van der Waals surface area contributed by atoms with Crippen LogP contribution in [0.5, 0.6) is 0 Å². The van der Waals surface area contributed by atoms with Gasteiger partial charge < -0.3 is 9.73 Å². The molecular weight excluding hydrogens is 474 g/mol. The number of rotatable bonds is 5. The van der Waals surface area contributed by atoms with E-state index in [2.05, 4.69) is 20.6 Å². The van der Waals surface area contributed by atoms with Crippen molar-refractivity contribution in [2.45, 2.75) is 12.7 Å². The Morgan fingerprint density at radius 1 is 1.06 bits per heavy atom. The fourth-order valence-corrected chi connectivity index (χ4v) is 4.20. The number of hydrogen-bond acceptors (Lipinski definition) is 6. The van der Waals surface area contributed by atoms with Crippen molar-refractivity contribution < 1.29 is 26.8 Å². The smallest absolute Gasteiger partial charge is 0.435 e. The summed E-state index contributed by atoms with van der Waals surface area (Å²) in [6.45, 7) is -0.176. The summed E-state index contributed by atoms with van der Waals surface area (Å²) in [6.07, 6.45) is -4.94. The summed E-state index contributed by atoms with van der Waals surface area (Å²) in [5, 5.41) is 9.88. The second-order valence-electron chi connectivity index (χ2n) is 7.11. The van der Waals surface area contributed by atoms with Crippen LogP contribution in [0.1, 0.15) is 21.9 Å². The molecule has 3 heterocycles. The lowest BCUT2D eigenvalue weighted by Gasteiger charge is -2.11. The molecule has 0 bridgehead atoms. The van der Waals surface area contributed by atoms with Crippen LogP contribution in [0.4, 0.5) is 17.6 Å². The van der Waals surface area contributed by atoms with E-state index in [9.17, 15) is 22.4 Å². The van der Waals surface area contributed by atoms with Crippen LogP contribution in [0.15, 0.2) is 65.1 Å². The average molecular weight is 487 g/mol. The molecule has 0 spiro atoms. The number of alkyl halides is 3. The Kier molecular flexibility index (Phi) is 5.36. The summed E-state index contributed by atoms with van der Waals surface area (Å²) in [6, 6.07) is 15.0. The van der Waals surface area contributed by atoms with Gasteiger partial charge in [-0.05, 0) is 48.5 Å². The summed E-state index contributed by atoms with van der Waals surface area (Å²) in [7, 11) is 0. The third-order valence-corrected chi connectivity index (χ3v) is 5.87. The number of hydrogen-bond donors (Lipinski definition) is 1. The second-order valence-corrected chi connectivity index (χ2v) is 8.14. The Morgan fingerprint density at radius 3 is 2.56 bits per heavy atom. The SMILES string of the molecule is O=C(NCc1ccc(-c2nc3ccccc3s2)o1)c1nnn(-c2ccc(F)cc2)c1C(F)(F)F. The van der Waals surface area contributed by atoms with Crippen LogP contribution in [-0.4, -0.2) is 25.9 Å². The first-order valence-electron chi connectivity index (χ1n) is 9.81. The van der Waals surface area contributed by atoms with Gasteiger partial charge in [-0.15, -0.1) is 16.4 Å². The fourth-order valence-electron chi connectivity index (χ4n) is 3.27. The topological polar surface area (TPSA) is 85.8 Å². The molecule has 0 radical (unpaired) electrons. The zero-order valence-corrected chi connectivity index (χ0v) is 17.8. The van der Waals surface area contributed by atoms with Crippen molar-refractivity contribution in [2.75, 3.05) is 0 Å². The Balaban J connectivity index is 1.35. The predicted octanol–water partition coefficient (Wildman–Crippen LogP) is 5.22. The van der Waals surface area contributed by atoms with Crippen molar-refractivity contribution in [2.24, 2.45) is 0 Å². The maximum atomic E-state index is 13.7. The van der Waals surface area contributed by atoms with Gasteiger partial charge >= 0.3 is 6.18 Å². The third kappa shape index (κ3) is 4.15. The van der Waals surface area contributed by atoms with Crippen molar-refractivity contribution in [1.29, 1.82) is 0 Å². The molecule has 2 aromatic carbocycles. The van der Waals surface area contributed by atoms with Gasteiger partial charge in [-0.2, -0.15) is 13.2 Å². The molecule has 5 aromatic rings. The van der Waals surface area contributed by atoms with E-state index in [1.165, 1.54) is 11.3 Å². The van der Waals surface area contributed by atoms with Gasteiger partial charge in [0.15, 0.2) is 22.2 Å². The molecule has 5 rings (SSSR count). The van der Waals surface area contributed by atoms with E-state index >= 15 is 0 Å². The zero-order valence-electron chi connectivity index (χ0n) is 17.0. The normalized spacial score (nSPS) is 11.8. The molecular formula is C22H13F4N5O2S. The number of benzene rings is 2. The van der Waals surface area contributed by atoms with Crippen LogP contribution in [0.3, 0.4) is 0 Å². The van der Waals surface area contributed by atoms with Crippen molar-refractivity contribution in [1.82, 2.24) is 25.3 Å². The summed E-state index contributed by atoms with van der Waals surface area (Å²) in [5.74, 6) is -0.913. The molecule has 1 amide bonds. The van der Waals surface area contributed by atoms with Crippen LogP contribution in [-0.2, 0) is 12.7 Å². The summed E-state index contributed by atoms with van der Waals surface area (Å²) >= 11 is 1.43. The Morgan fingerprint density at radius 2 is 1.82 bits per heavy atom. The minimum atomic E-state index is -4.94. The molecule has 0 aliphatic carbocycles. The summed E-state index contributed by atoms with van der Waals surface area (Å²) in [5.41, 5.74) is -1.55. The van der Waals surface area contributed by atoms with Crippen LogP contribution in [0, 0.1) is 5.82 Å². The molecule has 0 saturated carbocycles. The first-order valence-corrected chi connectivity index (χ1v) is 10.6. The maximum absolute atomic E-state index is 13.7. The number of nitrogens with zero attached hydrogens (tertiary/aromatic N) is 4. The lowest BCUT2D eigenvalue weighted by Crippen LogP contribution is -2.26. The number of fused-ring (bicyclic) bond motifs is 1. The molecule has 0 saturated heterocycles. The van der Waals surface area contributed by atoms with Crippen LogP contribution < -0.4 is 5.32 Å². The van der Waals surface area contributed by atoms with Crippen molar-refractivity contribution >= 4 is 27.5 Å². The molecule has 3 aromatic heterocycles. The van der Waals surface area contributed by atoms with Crippen molar-refractivity contribution in [3.8, 4) is 16.5 Å². The number of para-hydroxylation sites is 1. The highest BCUT2D eigenvalue weighted by Crippen LogP contribution is 2.33. The van der Waals surface area contributed by atoms with E-state index in [0.29, 0.717) is 21.2 Å². The first kappa shape index (κ1) is 21.8. The predicted molar refractivity (Wildman–Crippen MR) is 115 cm³/mol. The summed E-state index contributed by atoms with van der Waals surface area (Å²) < 4.78 is 61.5. The molecule has 7 nitrogen and oxygen atoms in total. The molecule has 0 atom stereocenters. The Bertz CT molecular complexity index is 1450. The van der Waals surface area contributed by atoms with Gasteiger partial charge in [0.25, 0.3) is 5.91 Å². The minimum absolute atomic E-state index is 0.0909. The number of nitrogens with one attached hydrogen (secondary N) is 1. The number of carbonyl (C=O) groups excluding carboxylic acids is 1. The average Bonchev–Trinajstić information content (AvgIpc) is 3.55. The van der Waals surface area contributed by atoms with E-state index in [1.54, 1.807) is 12.1 Å². The highest BCUT2D eigenvalue weighted by atomic mass is 32.1. The lowest BCUT2D eigenvalue weighted by molar-refractivity contribution is -0.143. The lowest BCUT2D eigenvalue weighted by atomic mass is 10.2. The van der Waals surface area contributed by atoms with Crippen LogP contribution in [0.25, 0.3) is 26.7 Å². The van der Waals surface area contributed by atoms with Gasteiger partial charge in [-0.25, -0.2) is 14.1 Å². The molecule has 34 heavy (non-hydrogen) atoms. The molecule has 0 aliphatic heterocycles. The van der Waals surface area contributed by atoms with Gasteiger partial charge in [-0.3, -0.25) is 4.79 Å². The van der Waals surface area contributed by atoms with E-state index in [-0.39, 0.29) is 12.2 Å². The third-order valence-electron chi connectivity index (χ3n) is 4.81. The molecule has 0 fully saturated rings. The molecule has 172 valence electrons. The van der Waals surface area contributed by atoms with Gasteiger partial charge in [0, 0.05) is 0 Å². The quantitative estimate of drug-likeness (QED) is 0.344. The maximum Gasteiger partial charge on any atom is 0.435 e. The van der Waals surface area contributed by atoms with E-state index in [0.717, 1.165) is 34.5 Å². The summed E-state index contributed by atoms with van der Waals surface area (Å²) in [4.78, 5) is 17.0. The van der Waals surface area contributed by atoms with Gasteiger partial charge in [0.2, 0.25) is 0 Å². The number of aromatic nitrogens is 4. The number of thiazole rings is 1. The van der Waals surface area contributed by atoms with Crippen LogP contribution >= 0.6 is 11.3 Å². The largest absolute Gasteiger partial charge is 0.457 e. The van der Waals surface area contributed by atoms with Crippen molar-refractivity contribution in [3.63, 3.8) is 0 Å². The first-order chi connectivity index (χ1) is 16.3. The zero-order chi connectivity index (χ0) is 23.9. The van der Waals surface area contributed by atoms with Crippen LogP contribution in [0.2, 0.25) is 0 Å². The number of halogens is 4. The highest BCUT2D eigenvalue weighted by Gasteiger charge is 2.42. The van der Waals surface area contributed by atoms with E-state index < -0.39 is 29.3 Å². The van der Waals surface area contributed by atoms with E-state index in [4.69, 9.17) is 4.42 Å². The van der Waals surface area contributed by atoms with E-state index in [1.807, 2.05) is 24.3 Å². The minimum Gasteiger partial charge on any atom is -0.457 e. The Hall–Kier alpha value is -4.06. The van der Waals surface area contributed by atoms with Gasteiger partial charge in [-0.1, -0.05) is 17.3 Å². The Labute approximate surface area is 192 Å². The van der Waals surface area contributed by atoms with Gasteiger partial charge in [0.05, 0.1) is 22.4 Å². The highest BCUT2D eigenvalue weighted by molar-refractivity contribution is 7.21. The number of carbonyl (C=O) groups is 1. The fraction of sp³-hybridized carbons (Fsp3) is 0.0909. The molecule has 0 aliphatic rings.